The number of imidazole rings is 1. The molecule has 7 heteroatoms. The standard InChI is InChI=1S/C20H18FN5O/c1-13-17(14(2)26(23-13)16-9-7-15(21)8-10-16)11-20(27)24-25-12-22-18-5-3-4-6-19(18)25/h3-10,12H,11H2,1-2H3,(H,24,27). The largest absolute Gasteiger partial charge is 0.273 e. The van der Waals surface area contributed by atoms with Crippen LogP contribution in [-0.4, -0.2) is 25.3 Å². The summed E-state index contributed by atoms with van der Waals surface area (Å²) in [6, 6.07) is 13.7. The summed E-state index contributed by atoms with van der Waals surface area (Å²) >= 11 is 0. The summed E-state index contributed by atoms with van der Waals surface area (Å²) in [7, 11) is 0. The number of aromatic nitrogens is 4. The minimum absolute atomic E-state index is 0.164. The second kappa shape index (κ2) is 6.68. The minimum atomic E-state index is -0.299. The summed E-state index contributed by atoms with van der Waals surface area (Å²) in [6.45, 7) is 3.76. The highest BCUT2D eigenvalue weighted by Gasteiger charge is 2.16. The van der Waals surface area contributed by atoms with Crippen molar-refractivity contribution in [2.45, 2.75) is 20.3 Å². The Kier molecular flexibility index (Phi) is 4.19. The lowest BCUT2D eigenvalue weighted by Crippen LogP contribution is -2.24. The van der Waals surface area contributed by atoms with Crippen LogP contribution in [0.15, 0.2) is 54.9 Å². The highest BCUT2D eigenvalue weighted by Crippen LogP contribution is 2.19. The van der Waals surface area contributed by atoms with Gasteiger partial charge in [-0.25, -0.2) is 18.7 Å². The van der Waals surface area contributed by atoms with Gasteiger partial charge in [0.1, 0.15) is 12.1 Å². The van der Waals surface area contributed by atoms with E-state index in [1.54, 1.807) is 27.8 Å². The third-order valence-electron chi connectivity index (χ3n) is 4.55. The van der Waals surface area contributed by atoms with Crippen LogP contribution in [0.3, 0.4) is 0 Å². The predicted molar refractivity (Wildman–Crippen MR) is 101 cm³/mol. The first-order valence-corrected chi connectivity index (χ1v) is 8.56. The van der Waals surface area contributed by atoms with Crippen molar-refractivity contribution in [3.05, 3.63) is 77.6 Å². The first-order valence-electron chi connectivity index (χ1n) is 8.56. The number of carbonyl (C=O) groups is 1. The lowest BCUT2D eigenvalue weighted by molar-refractivity contribution is -0.116. The second-order valence-electron chi connectivity index (χ2n) is 6.35. The molecule has 27 heavy (non-hydrogen) atoms. The zero-order chi connectivity index (χ0) is 19.0. The van der Waals surface area contributed by atoms with Crippen molar-refractivity contribution in [3.8, 4) is 5.69 Å². The number of benzene rings is 2. The molecule has 0 aliphatic carbocycles. The predicted octanol–water partition coefficient (Wildman–Crippen LogP) is 3.29. The van der Waals surface area contributed by atoms with Crippen LogP contribution in [0.25, 0.3) is 16.7 Å². The molecule has 4 aromatic rings. The molecule has 0 fully saturated rings. The third-order valence-corrected chi connectivity index (χ3v) is 4.55. The van der Waals surface area contributed by atoms with Gasteiger partial charge in [-0.15, -0.1) is 0 Å². The van der Waals surface area contributed by atoms with Crippen LogP contribution in [0.4, 0.5) is 4.39 Å². The fourth-order valence-electron chi connectivity index (χ4n) is 3.15. The Morgan fingerprint density at radius 2 is 1.85 bits per heavy atom. The first-order chi connectivity index (χ1) is 13.0. The molecule has 4 rings (SSSR count). The van der Waals surface area contributed by atoms with Crippen LogP contribution in [0, 0.1) is 19.7 Å². The molecular formula is C20H18FN5O. The summed E-state index contributed by atoms with van der Waals surface area (Å²) in [5.41, 5.74) is 7.72. The number of hydrogen-bond acceptors (Lipinski definition) is 3. The minimum Gasteiger partial charge on any atom is -0.273 e. The molecule has 1 amide bonds. The average molecular weight is 363 g/mol. The molecule has 2 aromatic carbocycles. The summed E-state index contributed by atoms with van der Waals surface area (Å²) in [4.78, 5) is 16.8. The summed E-state index contributed by atoms with van der Waals surface area (Å²) in [6.07, 6.45) is 1.77. The van der Waals surface area contributed by atoms with Gasteiger partial charge in [-0.05, 0) is 50.2 Å². The number of hydrogen-bond donors (Lipinski definition) is 1. The van der Waals surface area contributed by atoms with E-state index in [2.05, 4.69) is 15.5 Å². The molecule has 0 spiro atoms. The molecule has 0 atom stereocenters. The van der Waals surface area contributed by atoms with Gasteiger partial charge >= 0.3 is 0 Å². The zero-order valence-corrected chi connectivity index (χ0v) is 15.0. The molecule has 1 N–H and O–H groups in total. The van der Waals surface area contributed by atoms with E-state index in [0.29, 0.717) is 0 Å². The number of carbonyl (C=O) groups excluding carboxylic acids is 1. The quantitative estimate of drug-likeness (QED) is 0.605. The third kappa shape index (κ3) is 3.19. The van der Waals surface area contributed by atoms with E-state index in [0.717, 1.165) is 33.7 Å². The summed E-state index contributed by atoms with van der Waals surface area (Å²) in [5, 5.41) is 4.51. The first kappa shape index (κ1) is 17.0. The van der Waals surface area contributed by atoms with Gasteiger partial charge < -0.3 is 0 Å². The molecule has 0 aliphatic heterocycles. The van der Waals surface area contributed by atoms with Gasteiger partial charge in [0.2, 0.25) is 5.91 Å². The maximum absolute atomic E-state index is 13.2. The van der Waals surface area contributed by atoms with Crippen molar-refractivity contribution < 1.29 is 9.18 Å². The Balaban J connectivity index is 1.57. The Bertz CT molecular complexity index is 1130. The van der Waals surface area contributed by atoms with Crippen LogP contribution in [0.5, 0.6) is 0 Å². The number of nitrogens with one attached hydrogen (secondary N) is 1. The lowest BCUT2D eigenvalue weighted by atomic mass is 10.1. The van der Waals surface area contributed by atoms with Gasteiger partial charge in [-0.1, -0.05) is 12.1 Å². The summed E-state index contributed by atoms with van der Waals surface area (Å²) < 4.78 is 16.5. The lowest BCUT2D eigenvalue weighted by Gasteiger charge is -2.08. The van der Waals surface area contributed by atoms with Gasteiger partial charge in [-0.2, -0.15) is 5.10 Å². The van der Waals surface area contributed by atoms with Crippen molar-refractivity contribution in [2.24, 2.45) is 0 Å². The van der Waals surface area contributed by atoms with E-state index in [-0.39, 0.29) is 18.1 Å². The second-order valence-corrected chi connectivity index (χ2v) is 6.35. The monoisotopic (exact) mass is 363 g/mol. The van der Waals surface area contributed by atoms with E-state index in [4.69, 9.17) is 0 Å². The molecule has 0 saturated heterocycles. The summed E-state index contributed by atoms with van der Waals surface area (Å²) in [5.74, 6) is -0.463. The smallest absolute Gasteiger partial charge is 0.243 e. The van der Waals surface area contributed by atoms with Crippen LogP contribution < -0.4 is 5.43 Å². The fraction of sp³-hybridized carbons (Fsp3) is 0.150. The van der Waals surface area contributed by atoms with Crippen molar-refractivity contribution >= 4 is 16.9 Å². The van der Waals surface area contributed by atoms with Crippen molar-refractivity contribution in [1.29, 1.82) is 0 Å². The highest BCUT2D eigenvalue weighted by atomic mass is 19.1. The van der Waals surface area contributed by atoms with Gasteiger partial charge in [0.15, 0.2) is 0 Å². The molecule has 2 aromatic heterocycles. The normalized spacial score (nSPS) is 11.1. The Labute approximate surface area is 155 Å². The van der Waals surface area contributed by atoms with Crippen molar-refractivity contribution in [1.82, 2.24) is 19.4 Å². The van der Waals surface area contributed by atoms with Gasteiger partial charge in [0.05, 0.1) is 28.8 Å². The Hall–Kier alpha value is -3.48. The molecule has 0 radical (unpaired) electrons. The number of aryl methyl sites for hydroxylation is 1. The van der Waals surface area contributed by atoms with E-state index in [1.807, 2.05) is 38.1 Å². The SMILES string of the molecule is Cc1nn(-c2ccc(F)cc2)c(C)c1CC(=O)Nn1cnc2ccccc21. The molecule has 0 aliphatic rings. The molecule has 2 heterocycles. The van der Waals surface area contributed by atoms with Crippen LogP contribution in [0.1, 0.15) is 17.0 Å². The maximum Gasteiger partial charge on any atom is 0.243 e. The number of para-hydroxylation sites is 2. The molecule has 0 saturated carbocycles. The Morgan fingerprint density at radius 1 is 1.11 bits per heavy atom. The average Bonchev–Trinajstić information content (AvgIpc) is 3.19. The molecule has 0 unspecified atom stereocenters. The molecule has 6 nitrogen and oxygen atoms in total. The topological polar surface area (TPSA) is 64.7 Å². The van der Waals surface area contributed by atoms with Gasteiger partial charge in [0, 0.05) is 11.3 Å². The number of fused-ring (bicyclic) bond motifs is 1. The van der Waals surface area contributed by atoms with Crippen LogP contribution >= 0.6 is 0 Å². The molecule has 136 valence electrons. The van der Waals surface area contributed by atoms with Gasteiger partial charge in [-0.3, -0.25) is 10.2 Å². The van der Waals surface area contributed by atoms with E-state index >= 15 is 0 Å². The maximum atomic E-state index is 13.2. The number of amides is 1. The van der Waals surface area contributed by atoms with E-state index in [1.165, 1.54) is 12.1 Å². The van der Waals surface area contributed by atoms with E-state index in [9.17, 15) is 9.18 Å². The van der Waals surface area contributed by atoms with Crippen LogP contribution in [0.2, 0.25) is 0 Å². The van der Waals surface area contributed by atoms with E-state index < -0.39 is 0 Å². The zero-order valence-electron chi connectivity index (χ0n) is 15.0. The molecular weight excluding hydrogens is 345 g/mol. The van der Waals surface area contributed by atoms with Gasteiger partial charge in [0.25, 0.3) is 0 Å². The number of nitrogens with zero attached hydrogens (tertiary/aromatic N) is 4. The number of halogens is 1. The number of rotatable bonds is 4. The van der Waals surface area contributed by atoms with Crippen molar-refractivity contribution in [2.75, 3.05) is 5.43 Å². The van der Waals surface area contributed by atoms with Crippen LogP contribution in [-0.2, 0) is 11.2 Å². The fourth-order valence-corrected chi connectivity index (χ4v) is 3.15. The molecule has 0 bridgehead atoms. The highest BCUT2D eigenvalue weighted by molar-refractivity contribution is 5.88. The van der Waals surface area contributed by atoms with Crippen molar-refractivity contribution in [3.63, 3.8) is 0 Å². The Morgan fingerprint density at radius 3 is 2.63 bits per heavy atom.